The Morgan fingerprint density at radius 2 is 2.06 bits per heavy atom. The number of likely N-dealkylation sites (tertiary alicyclic amines) is 1. The number of carboxylic acids is 1. The Balaban J connectivity index is 2.22. The first kappa shape index (κ1) is 11.1. The van der Waals surface area contributed by atoms with Gasteiger partial charge in [-0.15, -0.1) is 0 Å². The lowest BCUT2D eigenvalue weighted by molar-refractivity contribution is -0.141. The van der Waals surface area contributed by atoms with Gasteiger partial charge in [0.15, 0.2) is 0 Å². The second-order valence-electron chi connectivity index (χ2n) is 4.31. The molecule has 0 radical (unpaired) electrons. The molecule has 0 amide bonds. The number of rotatable bonds is 3. The molecule has 1 aliphatic rings. The number of hydrogen-bond acceptors (Lipinski definition) is 2. The minimum absolute atomic E-state index is 0.138. The summed E-state index contributed by atoms with van der Waals surface area (Å²) in [5.41, 5.74) is 1.14. The van der Waals surface area contributed by atoms with Crippen molar-refractivity contribution >= 4 is 5.97 Å². The summed E-state index contributed by atoms with van der Waals surface area (Å²) in [4.78, 5) is 13.4. The number of nitrogens with zero attached hydrogens (tertiary/aromatic N) is 1. The van der Waals surface area contributed by atoms with Crippen LogP contribution in [0.15, 0.2) is 30.3 Å². The molecule has 1 N–H and O–H groups in total. The Labute approximate surface area is 95.7 Å². The van der Waals surface area contributed by atoms with Gasteiger partial charge in [-0.2, -0.15) is 0 Å². The van der Waals surface area contributed by atoms with E-state index < -0.39 is 5.97 Å². The number of benzene rings is 1. The lowest BCUT2D eigenvalue weighted by Gasteiger charge is -2.14. The third-order valence-corrected chi connectivity index (χ3v) is 3.39. The van der Waals surface area contributed by atoms with Gasteiger partial charge in [0.25, 0.3) is 0 Å². The van der Waals surface area contributed by atoms with Crippen LogP contribution in [0.4, 0.5) is 0 Å². The van der Waals surface area contributed by atoms with Gasteiger partial charge in [-0.3, -0.25) is 4.79 Å². The minimum Gasteiger partial charge on any atom is -0.481 e. The van der Waals surface area contributed by atoms with Crippen molar-refractivity contribution in [1.82, 2.24) is 4.90 Å². The molecule has 0 spiro atoms. The van der Waals surface area contributed by atoms with Crippen molar-refractivity contribution in [2.24, 2.45) is 5.92 Å². The van der Waals surface area contributed by atoms with Gasteiger partial charge in [-0.05, 0) is 12.1 Å². The quantitative estimate of drug-likeness (QED) is 0.842. The van der Waals surface area contributed by atoms with Crippen molar-refractivity contribution in [2.75, 3.05) is 19.6 Å². The lowest BCUT2D eigenvalue weighted by atomic mass is 9.89. The van der Waals surface area contributed by atoms with E-state index in [1.54, 1.807) is 0 Å². The summed E-state index contributed by atoms with van der Waals surface area (Å²) in [6.07, 6.45) is 0. The predicted octanol–water partition coefficient (Wildman–Crippen LogP) is 1.81. The molecule has 0 saturated carbocycles. The van der Waals surface area contributed by atoms with Crippen molar-refractivity contribution in [3.8, 4) is 0 Å². The largest absolute Gasteiger partial charge is 0.481 e. The molecule has 0 bridgehead atoms. The number of likely N-dealkylation sites (N-methyl/N-ethyl adjacent to an activating group) is 1. The molecule has 0 aromatic heterocycles. The maximum Gasteiger partial charge on any atom is 0.308 e. The van der Waals surface area contributed by atoms with Gasteiger partial charge in [-0.25, -0.2) is 0 Å². The van der Waals surface area contributed by atoms with Gasteiger partial charge in [0.05, 0.1) is 5.92 Å². The first-order valence-corrected chi connectivity index (χ1v) is 5.72. The number of aliphatic carboxylic acids is 1. The van der Waals surface area contributed by atoms with E-state index in [0.29, 0.717) is 6.54 Å². The topological polar surface area (TPSA) is 40.5 Å². The molecule has 1 fully saturated rings. The van der Waals surface area contributed by atoms with E-state index in [4.69, 9.17) is 0 Å². The molecule has 1 saturated heterocycles. The zero-order valence-corrected chi connectivity index (χ0v) is 9.47. The fourth-order valence-corrected chi connectivity index (χ4v) is 2.43. The van der Waals surface area contributed by atoms with Gasteiger partial charge in [-0.1, -0.05) is 37.3 Å². The Morgan fingerprint density at radius 1 is 1.38 bits per heavy atom. The lowest BCUT2D eigenvalue weighted by Crippen LogP contribution is -2.23. The average Bonchev–Trinajstić information content (AvgIpc) is 2.74. The van der Waals surface area contributed by atoms with E-state index in [1.165, 1.54) is 0 Å². The van der Waals surface area contributed by atoms with Crippen molar-refractivity contribution < 1.29 is 9.90 Å². The van der Waals surface area contributed by atoms with E-state index in [2.05, 4.69) is 11.8 Å². The highest BCUT2D eigenvalue weighted by atomic mass is 16.4. The Hall–Kier alpha value is -1.35. The molecule has 0 aliphatic carbocycles. The molecule has 1 aromatic carbocycles. The average molecular weight is 219 g/mol. The molecule has 1 aliphatic heterocycles. The molecular formula is C13H17NO2. The van der Waals surface area contributed by atoms with Crippen molar-refractivity contribution in [3.63, 3.8) is 0 Å². The Bertz CT molecular complexity index is 363. The smallest absolute Gasteiger partial charge is 0.308 e. The number of hydrogen-bond donors (Lipinski definition) is 1. The van der Waals surface area contributed by atoms with Crippen molar-refractivity contribution in [3.05, 3.63) is 35.9 Å². The second-order valence-corrected chi connectivity index (χ2v) is 4.31. The summed E-state index contributed by atoms with van der Waals surface area (Å²) in [5, 5.41) is 9.23. The third kappa shape index (κ3) is 2.09. The van der Waals surface area contributed by atoms with Gasteiger partial charge < -0.3 is 10.0 Å². The van der Waals surface area contributed by atoms with Crippen LogP contribution in [0.1, 0.15) is 18.4 Å². The summed E-state index contributed by atoms with van der Waals surface area (Å²) >= 11 is 0. The van der Waals surface area contributed by atoms with E-state index in [9.17, 15) is 9.90 Å². The molecule has 3 heteroatoms. The van der Waals surface area contributed by atoms with Crippen LogP contribution in [0.5, 0.6) is 0 Å². The van der Waals surface area contributed by atoms with E-state index in [-0.39, 0.29) is 11.8 Å². The zero-order valence-electron chi connectivity index (χ0n) is 9.47. The molecule has 1 heterocycles. The molecule has 86 valence electrons. The molecule has 3 nitrogen and oxygen atoms in total. The number of carbonyl (C=O) groups is 1. The van der Waals surface area contributed by atoms with Crippen molar-refractivity contribution in [2.45, 2.75) is 12.8 Å². The predicted molar refractivity (Wildman–Crippen MR) is 62.4 cm³/mol. The maximum atomic E-state index is 11.2. The van der Waals surface area contributed by atoms with Crippen LogP contribution in [0.25, 0.3) is 0 Å². The number of carboxylic acid groups (broad SMARTS) is 1. The highest BCUT2D eigenvalue weighted by Gasteiger charge is 2.37. The Morgan fingerprint density at radius 3 is 2.62 bits per heavy atom. The molecule has 0 unspecified atom stereocenters. The second kappa shape index (κ2) is 4.66. The van der Waals surface area contributed by atoms with E-state index in [0.717, 1.165) is 18.7 Å². The molecule has 16 heavy (non-hydrogen) atoms. The maximum absolute atomic E-state index is 11.2. The first-order chi connectivity index (χ1) is 7.72. The van der Waals surface area contributed by atoms with Crippen LogP contribution in [-0.4, -0.2) is 35.6 Å². The molecular weight excluding hydrogens is 202 g/mol. The zero-order chi connectivity index (χ0) is 11.5. The van der Waals surface area contributed by atoms with Crippen LogP contribution >= 0.6 is 0 Å². The molecule has 1 aromatic rings. The minimum atomic E-state index is -0.676. The highest BCUT2D eigenvalue weighted by molar-refractivity contribution is 5.72. The fourth-order valence-electron chi connectivity index (χ4n) is 2.43. The fraction of sp³-hybridized carbons (Fsp3) is 0.462. The summed E-state index contributed by atoms with van der Waals surface area (Å²) in [5.74, 6) is -0.800. The monoisotopic (exact) mass is 219 g/mol. The molecule has 2 atom stereocenters. The van der Waals surface area contributed by atoms with Crippen LogP contribution < -0.4 is 0 Å². The first-order valence-electron chi connectivity index (χ1n) is 5.72. The van der Waals surface area contributed by atoms with Crippen LogP contribution in [0.3, 0.4) is 0 Å². The van der Waals surface area contributed by atoms with Crippen LogP contribution in [-0.2, 0) is 4.79 Å². The van der Waals surface area contributed by atoms with Gasteiger partial charge >= 0.3 is 5.97 Å². The summed E-state index contributed by atoms with van der Waals surface area (Å²) in [6.45, 7) is 4.53. The van der Waals surface area contributed by atoms with Gasteiger partial charge in [0.2, 0.25) is 0 Å². The Kier molecular flexibility index (Phi) is 3.25. The van der Waals surface area contributed by atoms with E-state index in [1.807, 2.05) is 30.3 Å². The van der Waals surface area contributed by atoms with Crippen LogP contribution in [0, 0.1) is 5.92 Å². The highest BCUT2D eigenvalue weighted by Crippen LogP contribution is 2.32. The molecule has 2 rings (SSSR count). The van der Waals surface area contributed by atoms with Gasteiger partial charge in [0.1, 0.15) is 0 Å². The summed E-state index contributed by atoms with van der Waals surface area (Å²) < 4.78 is 0. The SMILES string of the molecule is CCN1C[C@H](C(=O)O)[C@@H](c2ccccc2)C1. The van der Waals surface area contributed by atoms with E-state index >= 15 is 0 Å². The van der Waals surface area contributed by atoms with Crippen LogP contribution in [0.2, 0.25) is 0 Å². The summed E-state index contributed by atoms with van der Waals surface area (Å²) in [7, 11) is 0. The summed E-state index contributed by atoms with van der Waals surface area (Å²) in [6, 6.07) is 9.97. The van der Waals surface area contributed by atoms with Crippen molar-refractivity contribution in [1.29, 1.82) is 0 Å². The van der Waals surface area contributed by atoms with Gasteiger partial charge in [0, 0.05) is 19.0 Å². The normalized spacial score (nSPS) is 25.8. The third-order valence-electron chi connectivity index (χ3n) is 3.39. The standard InChI is InChI=1S/C13H17NO2/c1-2-14-8-11(12(9-14)13(15)16)10-6-4-3-5-7-10/h3-7,11-12H,2,8-9H2,1H3,(H,15,16)/t11-,12+/m1/s1.